The fourth-order valence-corrected chi connectivity index (χ4v) is 2.86. The van der Waals surface area contributed by atoms with E-state index >= 15 is 0 Å². The van der Waals surface area contributed by atoms with Crippen molar-refractivity contribution >= 4 is 23.2 Å². The zero-order chi connectivity index (χ0) is 13.1. The average Bonchev–Trinajstić information content (AvgIpc) is 2.75. The van der Waals surface area contributed by atoms with Crippen molar-refractivity contribution in [2.24, 2.45) is 5.92 Å². The Morgan fingerprint density at radius 3 is 3.00 bits per heavy atom. The van der Waals surface area contributed by atoms with Crippen LogP contribution in [0.1, 0.15) is 23.4 Å². The number of hydrogen-bond acceptors (Lipinski definition) is 4. The van der Waals surface area contributed by atoms with Crippen LogP contribution >= 0.6 is 11.3 Å². The Labute approximate surface area is 110 Å². The lowest BCUT2D eigenvalue weighted by Crippen LogP contribution is -2.43. The molecule has 2 heterocycles. The van der Waals surface area contributed by atoms with E-state index in [4.69, 9.17) is 0 Å². The average molecular weight is 267 g/mol. The van der Waals surface area contributed by atoms with Crippen LogP contribution in [0.2, 0.25) is 0 Å². The molecule has 2 rings (SSSR count). The van der Waals surface area contributed by atoms with E-state index in [2.05, 4.69) is 10.3 Å². The van der Waals surface area contributed by atoms with Gasteiger partial charge in [-0.15, -0.1) is 11.3 Å². The molecule has 0 aliphatic carbocycles. The van der Waals surface area contributed by atoms with Gasteiger partial charge in [-0.25, -0.2) is 4.98 Å². The van der Waals surface area contributed by atoms with Crippen LogP contribution in [-0.4, -0.2) is 35.3 Å². The first-order chi connectivity index (χ1) is 8.58. The fourth-order valence-electron chi connectivity index (χ4n) is 2.03. The van der Waals surface area contributed by atoms with Crippen molar-refractivity contribution in [1.29, 1.82) is 0 Å². The molecule has 1 aromatic rings. The van der Waals surface area contributed by atoms with E-state index in [1.54, 1.807) is 28.8 Å². The summed E-state index contributed by atoms with van der Waals surface area (Å²) in [6, 6.07) is 0. The number of hydrogen-bond donors (Lipinski definition) is 1. The van der Waals surface area contributed by atoms with Crippen LogP contribution in [0.3, 0.4) is 0 Å². The number of nitrogens with zero attached hydrogens (tertiary/aromatic N) is 2. The predicted octanol–water partition coefficient (Wildman–Crippen LogP) is 0.936. The number of thiazole rings is 1. The molecule has 6 heteroatoms. The monoisotopic (exact) mass is 267 g/mol. The Balaban J connectivity index is 1.92. The number of aryl methyl sites for hydroxylation is 1. The SMILES string of the molecule is Cc1ncsc1CN(C)C(=O)C1CCC(=O)NC1. The second-order valence-corrected chi connectivity index (χ2v) is 5.53. The third kappa shape index (κ3) is 2.87. The third-order valence-corrected chi connectivity index (χ3v) is 4.14. The normalized spacial score (nSPS) is 19.4. The van der Waals surface area contributed by atoms with Gasteiger partial charge in [0.2, 0.25) is 11.8 Å². The maximum atomic E-state index is 12.2. The number of piperidine rings is 1. The Morgan fingerprint density at radius 1 is 1.67 bits per heavy atom. The van der Waals surface area contributed by atoms with Crippen LogP contribution in [0.5, 0.6) is 0 Å². The molecule has 1 atom stereocenters. The topological polar surface area (TPSA) is 62.3 Å². The number of carbonyl (C=O) groups excluding carboxylic acids is 2. The Morgan fingerprint density at radius 2 is 2.44 bits per heavy atom. The number of aromatic nitrogens is 1. The summed E-state index contributed by atoms with van der Waals surface area (Å²) in [5.74, 6) is 0.0590. The molecule has 98 valence electrons. The van der Waals surface area contributed by atoms with Gasteiger partial charge in [0.15, 0.2) is 0 Å². The van der Waals surface area contributed by atoms with Gasteiger partial charge < -0.3 is 10.2 Å². The summed E-state index contributed by atoms with van der Waals surface area (Å²) in [5.41, 5.74) is 2.78. The van der Waals surface area contributed by atoms with Crippen LogP contribution in [0.25, 0.3) is 0 Å². The smallest absolute Gasteiger partial charge is 0.227 e. The maximum absolute atomic E-state index is 12.2. The van der Waals surface area contributed by atoms with Crippen molar-refractivity contribution in [3.8, 4) is 0 Å². The molecule has 18 heavy (non-hydrogen) atoms. The summed E-state index contributed by atoms with van der Waals surface area (Å²) in [7, 11) is 1.80. The molecule has 1 N–H and O–H groups in total. The summed E-state index contributed by atoms with van der Waals surface area (Å²) in [6.45, 7) is 3.01. The molecule has 1 aromatic heterocycles. The van der Waals surface area contributed by atoms with Crippen LogP contribution in [-0.2, 0) is 16.1 Å². The molecule has 0 aromatic carbocycles. The third-order valence-electron chi connectivity index (χ3n) is 3.22. The highest BCUT2D eigenvalue weighted by molar-refractivity contribution is 7.09. The van der Waals surface area contributed by atoms with Crippen LogP contribution in [0.4, 0.5) is 0 Å². The molecular weight excluding hydrogens is 250 g/mol. The van der Waals surface area contributed by atoms with E-state index < -0.39 is 0 Å². The lowest BCUT2D eigenvalue weighted by Gasteiger charge is -2.26. The summed E-state index contributed by atoms with van der Waals surface area (Å²) in [5, 5.41) is 2.74. The van der Waals surface area contributed by atoms with E-state index in [0.717, 1.165) is 10.6 Å². The first kappa shape index (κ1) is 13.0. The Bertz CT molecular complexity index is 448. The Kier molecular flexibility index (Phi) is 3.96. The van der Waals surface area contributed by atoms with E-state index in [9.17, 15) is 9.59 Å². The molecule has 1 fully saturated rings. The predicted molar refractivity (Wildman–Crippen MR) is 69.1 cm³/mol. The van der Waals surface area contributed by atoms with Crippen LogP contribution in [0.15, 0.2) is 5.51 Å². The lowest BCUT2D eigenvalue weighted by atomic mass is 9.98. The number of rotatable bonds is 3. The van der Waals surface area contributed by atoms with Crippen molar-refractivity contribution in [2.45, 2.75) is 26.3 Å². The van der Waals surface area contributed by atoms with Gasteiger partial charge in [0.25, 0.3) is 0 Å². The summed E-state index contributed by atoms with van der Waals surface area (Å²) in [6.07, 6.45) is 1.10. The first-order valence-corrected chi connectivity index (χ1v) is 6.86. The summed E-state index contributed by atoms with van der Waals surface area (Å²) < 4.78 is 0. The van der Waals surface area contributed by atoms with Crippen molar-refractivity contribution in [3.05, 3.63) is 16.1 Å². The van der Waals surface area contributed by atoms with Crippen molar-refractivity contribution in [3.63, 3.8) is 0 Å². The summed E-state index contributed by atoms with van der Waals surface area (Å²) >= 11 is 1.57. The molecular formula is C12H17N3O2S. The lowest BCUT2D eigenvalue weighted by molar-refractivity contribution is -0.136. The molecule has 0 saturated carbocycles. The van der Waals surface area contributed by atoms with E-state index in [1.807, 2.05) is 6.92 Å². The molecule has 1 unspecified atom stereocenters. The minimum atomic E-state index is -0.0825. The maximum Gasteiger partial charge on any atom is 0.227 e. The summed E-state index contributed by atoms with van der Waals surface area (Å²) in [4.78, 5) is 30.3. The standard InChI is InChI=1S/C12H17N3O2S/c1-8-10(18-7-14-8)6-15(2)12(17)9-3-4-11(16)13-5-9/h7,9H,3-6H2,1-2H3,(H,13,16). The van der Waals surface area contributed by atoms with Gasteiger partial charge in [0.1, 0.15) is 0 Å². The van der Waals surface area contributed by atoms with Gasteiger partial charge in [-0.2, -0.15) is 0 Å². The van der Waals surface area contributed by atoms with E-state index in [-0.39, 0.29) is 17.7 Å². The molecule has 5 nitrogen and oxygen atoms in total. The van der Waals surface area contributed by atoms with Crippen molar-refractivity contribution in [1.82, 2.24) is 15.2 Å². The Hall–Kier alpha value is -1.43. The zero-order valence-corrected chi connectivity index (χ0v) is 11.4. The van der Waals surface area contributed by atoms with Crippen molar-refractivity contribution in [2.75, 3.05) is 13.6 Å². The van der Waals surface area contributed by atoms with Crippen LogP contribution in [0, 0.1) is 12.8 Å². The second-order valence-electron chi connectivity index (χ2n) is 4.59. The first-order valence-electron chi connectivity index (χ1n) is 5.98. The molecule has 1 saturated heterocycles. The quantitative estimate of drug-likeness (QED) is 0.886. The molecule has 0 bridgehead atoms. The van der Waals surface area contributed by atoms with Gasteiger partial charge >= 0.3 is 0 Å². The van der Waals surface area contributed by atoms with Crippen molar-refractivity contribution < 1.29 is 9.59 Å². The number of nitrogens with one attached hydrogen (secondary N) is 1. The highest BCUT2D eigenvalue weighted by Gasteiger charge is 2.27. The minimum Gasteiger partial charge on any atom is -0.355 e. The van der Waals surface area contributed by atoms with Gasteiger partial charge in [0.05, 0.1) is 23.7 Å². The number of carbonyl (C=O) groups is 2. The molecule has 1 aliphatic heterocycles. The molecule has 1 aliphatic rings. The molecule has 0 spiro atoms. The molecule has 0 radical (unpaired) electrons. The van der Waals surface area contributed by atoms with Crippen LogP contribution < -0.4 is 5.32 Å². The fraction of sp³-hybridized carbons (Fsp3) is 0.583. The zero-order valence-electron chi connectivity index (χ0n) is 10.6. The van der Waals surface area contributed by atoms with Gasteiger partial charge in [-0.1, -0.05) is 0 Å². The van der Waals surface area contributed by atoms with Gasteiger partial charge in [-0.3, -0.25) is 9.59 Å². The van der Waals surface area contributed by atoms with Gasteiger partial charge in [0, 0.05) is 24.9 Å². The second kappa shape index (κ2) is 5.48. The van der Waals surface area contributed by atoms with E-state index in [1.165, 1.54) is 0 Å². The minimum absolute atomic E-state index is 0.0417. The largest absolute Gasteiger partial charge is 0.355 e. The highest BCUT2D eigenvalue weighted by atomic mass is 32.1. The molecule has 2 amide bonds. The van der Waals surface area contributed by atoms with E-state index in [0.29, 0.717) is 25.9 Å². The number of amides is 2. The van der Waals surface area contributed by atoms with Gasteiger partial charge in [-0.05, 0) is 13.3 Å². The highest BCUT2D eigenvalue weighted by Crippen LogP contribution is 2.18.